The van der Waals surface area contributed by atoms with Gasteiger partial charge < -0.3 is 4.98 Å². The van der Waals surface area contributed by atoms with Crippen molar-refractivity contribution in [1.82, 2.24) is 15.0 Å². The van der Waals surface area contributed by atoms with Crippen LogP contribution in [0.15, 0.2) is 17.9 Å². The SMILES string of the molecule is [c]1[nH]cnc1-c1nccs1. The van der Waals surface area contributed by atoms with Gasteiger partial charge in [-0.25, -0.2) is 9.97 Å². The van der Waals surface area contributed by atoms with Crippen molar-refractivity contribution in [2.45, 2.75) is 0 Å². The third kappa shape index (κ3) is 0.823. The number of imidazole rings is 1. The van der Waals surface area contributed by atoms with Gasteiger partial charge in [0, 0.05) is 11.6 Å². The highest BCUT2D eigenvalue weighted by molar-refractivity contribution is 7.13. The molecule has 3 nitrogen and oxygen atoms in total. The number of hydrogen-bond acceptors (Lipinski definition) is 3. The van der Waals surface area contributed by atoms with E-state index >= 15 is 0 Å². The average molecular weight is 150 g/mol. The molecule has 2 heterocycles. The number of aromatic nitrogens is 3. The minimum absolute atomic E-state index is 0.787. The highest BCUT2D eigenvalue weighted by Gasteiger charge is 2.00. The fraction of sp³-hybridized carbons (Fsp3) is 0. The van der Waals surface area contributed by atoms with Gasteiger partial charge in [0.1, 0.15) is 10.7 Å². The van der Waals surface area contributed by atoms with Crippen molar-refractivity contribution in [1.29, 1.82) is 0 Å². The molecule has 1 N–H and O–H groups in total. The molecule has 0 aliphatic heterocycles. The standard InChI is InChI=1S/C6H4N3S/c1-2-10-6(8-1)5-3-7-4-9-5/h1-2,4H,(H,7,9). The van der Waals surface area contributed by atoms with Gasteiger partial charge in [-0.05, 0) is 0 Å². The fourth-order valence-corrected chi connectivity index (χ4v) is 1.27. The van der Waals surface area contributed by atoms with Gasteiger partial charge in [0.15, 0.2) is 0 Å². The Bertz CT molecular complexity index is 252. The summed E-state index contributed by atoms with van der Waals surface area (Å²) in [5.74, 6) is 0. The maximum absolute atomic E-state index is 4.06. The first-order valence-corrected chi connectivity index (χ1v) is 3.66. The minimum Gasteiger partial charge on any atom is -0.343 e. The van der Waals surface area contributed by atoms with Gasteiger partial charge in [-0.1, -0.05) is 0 Å². The first kappa shape index (κ1) is 5.61. The van der Waals surface area contributed by atoms with E-state index in [2.05, 4.69) is 21.1 Å². The summed E-state index contributed by atoms with van der Waals surface area (Å²) < 4.78 is 0. The van der Waals surface area contributed by atoms with Crippen LogP contribution in [0.25, 0.3) is 10.7 Å². The topological polar surface area (TPSA) is 41.6 Å². The summed E-state index contributed by atoms with van der Waals surface area (Å²) in [5, 5.41) is 2.82. The molecule has 0 atom stereocenters. The molecule has 2 rings (SSSR count). The van der Waals surface area contributed by atoms with E-state index in [-0.39, 0.29) is 0 Å². The molecule has 0 unspecified atom stereocenters. The van der Waals surface area contributed by atoms with E-state index in [1.165, 1.54) is 0 Å². The van der Waals surface area contributed by atoms with Crippen molar-refractivity contribution in [3.05, 3.63) is 24.1 Å². The van der Waals surface area contributed by atoms with Gasteiger partial charge in [-0.15, -0.1) is 11.3 Å². The van der Waals surface area contributed by atoms with Crippen LogP contribution in [0.1, 0.15) is 0 Å². The van der Waals surface area contributed by atoms with Gasteiger partial charge in [0.05, 0.1) is 12.5 Å². The average Bonchev–Trinajstić information content (AvgIpc) is 2.59. The summed E-state index contributed by atoms with van der Waals surface area (Å²) in [6.45, 7) is 0. The Kier molecular flexibility index (Phi) is 1.25. The molecule has 0 spiro atoms. The second-order valence-corrected chi connectivity index (χ2v) is 2.61. The van der Waals surface area contributed by atoms with Crippen molar-refractivity contribution in [2.75, 3.05) is 0 Å². The quantitative estimate of drug-likeness (QED) is 0.666. The van der Waals surface area contributed by atoms with E-state index < -0.39 is 0 Å². The Labute approximate surface area is 61.8 Å². The Morgan fingerprint density at radius 2 is 2.50 bits per heavy atom. The normalized spacial score (nSPS) is 10.0. The molecule has 0 saturated heterocycles. The zero-order chi connectivity index (χ0) is 6.81. The first-order chi connectivity index (χ1) is 4.97. The summed E-state index contributed by atoms with van der Waals surface area (Å²) >= 11 is 1.56. The van der Waals surface area contributed by atoms with Crippen LogP contribution >= 0.6 is 11.3 Å². The van der Waals surface area contributed by atoms with Crippen molar-refractivity contribution in [3.63, 3.8) is 0 Å². The molecule has 49 valence electrons. The zero-order valence-corrected chi connectivity index (χ0v) is 5.85. The Hall–Kier alpha value is -1.16. The summed E-state index contributed by atoms with van der Waals surface area (Å²) in [5.41, 5.74) is 0.787. The fourth-order valence-electron chi connectivity index (χ4n) is 0.679. The predicted molar refractivity (Wildman–Crippen MR) is 38.5 cm³/mol. The van der Waals surface area contributed by atoms with E-state index in [9.17, 15) is 0 Å². The maximum Gasteiger partial charge on any atom is 0.144 e. The number of H-pyrrole nitrogens is 1. The third-order valence-electron chi connectivity index (χ3n) is 1.08. The Morgan fingerprint density at radius 1 is 1.50 bits per heavy atom. The Morgan fingerprint density at radius 3 is 3.10 bits per heavy atom. The van der Waals surface area contributed by atoms with Crippen LogP contribution in [0.2, 0.25) is 0 Å². The van der Waals surface area contributed by atoms with Crippen molar-refractivity contribution in [3.8, 4) is 10.7 Å². The molecule has 0 amide bonds. The van der Waals surface area contributed by atoms with Crippen LogP contribution in [0.4, 0.5) is 0 Å². The predicted octanol–water partition coefficient (Wildman–Crippen LogP) is 1.33. The maximum atomic E-state index is 4.06. The van der Waals surface area contributed by atoms with Crippen LogP contribution in [0.3, 0.4) is 0 Å². The number of rotatable bonds is 1. The van der Waals surface area contributed by atoms with E-state index in [1.54, 1.807) is 23.9 Å². The van der Waals surface area contributed by atoms with Gasteiger partial charge >= 0.3 is 0 Å². The lowest BCUT2D eigenvalue weighted by Crippen LogP contribution is -1.71. The first-order valence-electron chi connectivity index (χ1n) is 2.78. The highest BCUT2D eigenvalue weighted by Crippen LogP contribution is 2.16. The zero-order valence-electron chi connectivity index (χ0n) is 5.03. The smallest absolute Gasteiger partial charge is 0.144 e. The summed E-state index contributed by atoms with van der Waals surface area (Å²) in [4.78, 5) is 10.8. The largest absolute Gasteiger partial charge is 0.343 e. The Balaban J connectivity index is 2.48. The molecule has 0 aromatic carbocycles. The molecule has 2 aromatic heterocycles. The number of nitrogens with zero attached hydrogens (tertiary/aromatic N) is 2. The lowest BCUT2D eigenvalue weighted by molar-refractivity contribution is 1.30. The molecule has 1 radical (unpaired) electrons. The van der Waals surface area contributed by atoms with E-state index in [0.717, 1.165) is 10.7 Å². The highest BCUT2D eigenvalue weighted by atomic mass is 32.1. The summed E-state index contributed by atoms with van der Waals surface area (Å²) in [7, 11) is 0. The molecule has 4 heteroatoms. The molecular formula is C6H4N3S. The molecular weight excluding hydrogens is 146 g/mol. The molecule has 0 aliphatic carbocycles. The number of aromatic amines is 1. The molecule has 10 heavy (non-hydrogen) atoms. The van der Waals surface area contributed by atoms with Crippen LogP contribution in [-0.4, -0.2) is 15.0 Å². The second kappa shape index (κ2) is 2.22. The molecule has 0 aliphatic rings. The van der Waals surface area contributed by atoms with Crippen LogP contribution in [-0.2, 0) is 0 Å². The molecule has 0 saturated carbocycles. The van der Waals surface area contributed by atoms with E-state index in [1.807, 2.05) is 5.38 Å². The van der Waals surface area contributed by atoms with Crippen LogP contribution in [0, 0.1) is 6.20 Å². The van der Waals surface area contributed by atoms with E-state index in [0.29, 0.717) is 0 Å². The third-order valence-corrected chi connectivity index (χ3v) is 1.86. The van der Waals surface area contributed by atoms with Crippen molar-refractivity contribution < 1.29 is 0 Å². The van der Waals surface area contributed by atoms with Gasteiger partial charge in [-0.2, -0.15) is 0 Å². The second-order valence-electron chi connectivity index (χ2n) is 1.71. The summed E-state index contributed by atoms with van der Waals surface area (Å²) in [6, 6.07) is 0. The minimum atomic E-state index is 0.787. The van der Waals surface area contributed by atoms with Crippen LogP contribution < -0.4 is 0 Å². The van der Waals surface area contributed by atoms with Gasteiger partial charge in [-0.3, -0.25) is 0 Å². The number of hydrogen-bond donors (Lipinski definition) is 1. The van der Waals surface area contributed by atoms with E-state index in [4.69, 9.17) is 0 Å². The lowest BCUT2D eigenvalue weighted by atomic mass is 10.5. The monoisotopic (exact) mass is 150 g/mol. The van der Waals surface area contributed by atoms with Crippen LogP contribution in [0.5, 0.6) is 0 Å². The molecule has 0 fully saturated rings. The van der Waals surface area contributed by atoms with Gasteiger partial charge in [0.25, 0.3) is 0 Å². The molecule has 0 bridgehead atoms. The lowest BCUT2D eigenvalue weighted by Gasteiger charge is -1.81. The van der Waals surface area contributed by atoms with Crippen molar-refractivity contribution in [2.24, 2.45) is 0 Å². The van der Waals surface area contributed by atoms with Gasteiger partial charge in [0.2, 0.25) is 0 Å². The number of nitrogens with one attached hydrogen (secondary N) is 1. The molecule has 2 aromatic rings. The van der Waals surface area contributed by atoms with Crippen molar-refractivity contribution >= 4 is 11.3 Å². The summed E-state index contributed by atoms with van der Waals surface area (Å²) in [6.07, 6.45) is 6.20. The number of thiazole rings is 1.